The molecule has 0 aliphatic heterocycles. The van der Waals surface area contributed by atoms with Crippen LogP contribution in [0, 0.1) is 20.8 Å². The maximum atomic E-state index is 5.95. The summed E-state index contributed by atoms with van der Waals surface area (Å²) >= 11 is 7.54. The first-order valence-corrected chi connectivity index (χ1v) is 9.27. The molecular formula is C20H20ClN3S. The van der Waals surface area contributed by atoms with Crippen LogP contribution >= 0.6 is 22.9 Å². The Morgan fingerprint density at radius 1 is 1.00 bits per heavy atom. The van der Waals surface area contributed by atoms with Crippen LogP contribution in [0.15, 0.2) is 51.9 Å². The van der Waals surface area contributed by atoms with Crippen molar-refractivity contribution in [3.05, 3.63) is 73.9 Å². The minimum Gasteiger partial charge on any atom is -0.261 e. The number of aromatic nitrogens is 1. The predicted octanol–water partition coefficient (Wildman–Crippen LogP) is 5.21. The predicted molar refractivity (Wildman–Crippen MR) is 108 cm³/mol. The van der Waals surface area contributed by atoms with Crippen molar-refractivity contribution in [2.24, 2.45) is 10.1 Å². The van der Waals surface area contributed by atoms with Gasteiger partial charge < -0.3 is 0 Å². The number of rotatable bonds is 3. The third-order valence-corrected chi connectivity index (χ3v) is 5.34. The Morgan fingerprint density at radius 3 is 2.36 bits per heavy atom. The number of halogens is 1. The molecule has 1 aromatic heterocycles. The fourth-order valence-electron chi connectivity index (χ4n) is 2.66. The summed E-state index contributed by atoms with van der Waals surface area (Å²) in [6, 6.07) is 12.1. The first-order valence-electron chi connectivity index (χ1n) is 8.01. The zero-order valence-electron chi connectivity index (χ0n) is 14.7. The normalized spacial score (nSPS) is 12.3. The molecule has 128 valence electrons. The largest absolute Gasteiger partial charge is 0.261 e. The van der Waals surface area contributed by atoms with E-state index in [4.69, 9.17) is 11.6 Å². The molecule has 3 nitrogen and oxygen atoms in total. The van der Waals surface area contributed by atoms with Crippen LogP contribution in [0.2, 0.25) is 5.02 Å². The van der Waals surface area contributed by atoms with Gasteiger partial charge in [-0.3, -0.25) is 4.99 Å². The highest BCUT2D eigenvalue weighted by Gasteiger charge is 2.11. The Morgan fingerprint density at radius 2 is 1.68 bits per heavy atom. The summed E-state index contributed by atoms with van der Waals surface area (Å²) in [4.78, 5) is 5.22. The number of aryl methyl sites for hydroxylation is 3. The van der Waals surface area contributed by atoms with E-state index in [1.807, 2.05) is 35.2 Å². The second kappa shape index (κ2) is 7.38. The van der Waals surface area contributed by atoms with Gasteiger partial charge in [0.15, 0.2) is 0 Å². The quantitative estimate of drug-likeness (QED) is 0.567. The summed E-state index contributed by atoms with van der Waals surface area (Å²) in [5.74, 6) is 0. The SMILES string of the molecule is CN=c1scc(-c2cc(C)c(C)cc2C)n1N=Cc1ccc(Cl)cc1. The molecule has 0 amide bonds. The molecule has 5 heteroatoms. The smallest absolute Gasteiger partial charge is 0.205 e. The lowest BCUT2D eigenvalue weighted by Gasteiger charge is -2.10. The molecule has 0 N–H and O–H groups in total. The van der Waals surface area contributed by atoms with Crippen LogP contribution in [0.4, 0.5) is 0 Å². The van der Waals surface area contributed by atoms with E-state index in [9.17, 15) is 0 Å². The van der Waals surface area contributed by atoms with E-state index in [1.165, 1.54) is 22.3 Å². The minimum absolute atomic E-state index is 0.719. The van der Waals surface area contributed by atoms with Crippen molar-refractivity contribution >= 4 is 29.2 Å². The first-order chi connectivity index (χ1) is 12.0. The lowest BCUT2D eigenvalue weighted by Crippen LogP contribution is -2.12. The summed E-state index contributed by atoms with van der Waals surface area (Å²) in [7, 11) is 1.79. The highest BCUT2D eigenvalue weighted by molar-refractivity contribution is 7.07. The van der Waals surface area contributed by atoms with Crippen molar-refractivity contribution in [2.45, 2.75) is 20.8 Å². The second-order valence-electron chi connectivity index (χ2n) is 5.99. The van der Waals surface area contributed by atoms with Gasteiger partial charge in [-0.25, -0.2) is 4.68 Å². The zero-order chi connectivity index (χ0) is 18.0. The zero-order valence-corrected chi connectivity index (χ0v) is 16.3. The van der Waals surface area contributed by atoms with Crippen LogP contribution in [0.1, 0.15) is 22.3 Å². The third kappa shape index (κ3) is 3.75. The molecule has 2 aromatic carbocycles. The topological polar surface area (TPSA) is 29.6 Å². The van der Waals surface area contributed by atoms with E-state index in [0.717, 1.165) is 21.1 Å². The minimum atomic E-state index is 0.719. The number of nitrogens with zero attached hydrogens (tertiary/aromatic N) is 3. The fraction of sp³-hybridized carbons (Fsp3) is 0.200. The molecule has 0 radical (unpaired) electrons. The molecular weight excluding hydrogens is 350 g/mol. The summed E-state index contributed by atoms with van der Waals surface area (Å²) in [6.45, 7) is 6.41. The van der Waals surface area contributed by atoms with Gasteiger partial charge in [-0.1, -0.05) is 29.8 Å². The molecule has 25 heavy (non-hydrogen) atoms. The third-order valence-electron chi connectivity index (χ3n) is 4.19. The molecule has 0 aliphatic rings. The average molecular weight is 370 g/mol. The van der Waals surface area contributed by atoms with E-state index in [1.54, 1.807) is 18.4 Å². The van der Waals surface area contributed by atoms with E-state index >= 15 is 0 Å². The van der Waals surface area contributed by atoms with E-state index in [2.05, 4.69) is 48.4 Å². The number of hydrogen-bond acceptors (Lipinski definition) is 3. The lowest BCUT2D eigenvalue weighted by atomic mass is 9.99. The molecule has 3 aromatic rings. The van der Waals surface area contributed by atoms with Crippen LogP contribution in [0.3, 0.4) is 0 Å². The van der Waals surface area contributed by atoms with Gasteiger partial charge in [0.1, 0.15) is 0 Å². The van der Waals surface area contributed by atoms with Crippen molar-refractivity contribution in [3.63, 3.8) is 0 Å². The number of thiazole rings is 1. The molecule has 0 bridgehead atoms. The Balaban J connectivity index is 2.10. The summed E-state index contributed by atoms with van der Waals surface area (Å²) < 4.78 is 1.90. The summed E-state index contributed by atoms with van der Waals surface area (Å²) in [6.07, 6.45) is 1.83. The Bertz CT molecular complexity index is 995. The van der Waals surface area contributed by atoms with E-state index in [-0.39, 0.29) is 0 Å². The highest BCUT2D eigenvalue weighted by atomic mass is 35.5. The van der Waals surface area contributed by atoms with Crippen molar-refractivity contribution in [1.29, 1.82) is 0 Å². The van der Waals surface area contributed by atoms with Crippen LogP contribution in [-0.2, 0) is 0 Å². The van der Waals surface area contributed by atoms with Crippen LogP contribution in [-0.4, -0.2) is 17.9 Å². The van der Waals surface area contributed by atoms with Crippen LogP contribution < -0.4 is 4.80 Å². The maximum Gasteiger partial charge on any atom is 0.205 e. The molecule has 0 saturated carbocycles. The summed E-state index contributed by atoms with van der Waals surface area (Å²) in [5.41, 5.74) is 7.04. The fourth-order valence-corrected chi connectivity index (χ4v) is 3.58. The van der Waals surface area contributed by atoms with Gasteiger partial charge in [-0.2, -0.15) is 5.10 Å². The van der Waals surface area contributed by atoms with Crippen LogP contribution in [0.5, 0.6) is 0 Å². The van der Waals surface area contributed by atoms with Crippen molar-refractivity contribution in [2.75, 3.05) is 7.05 Å². The monoisotopic (exact) mass is 369 g/mol. The Labute approximate surface area is 157 Å². The summed E-state index contributed by atoms with van der Waals surface area (Å²) in [5, 5.41) is 7.50. The molecule has 3 rings (SSSR count). The average Bonchev–Trinajstić information content (AvgIpc) is 3.00. The highest BCUT2D eigenvalue weighted by Crippen LogP contribution is 2.27. The second-order valence-corrected chi connectivity index (χ2v) is 7.26. The molecule has 1 heterocycles. The van der Waals surface area contributed by atoms with Gasteiger partial charge in [-0.15, -0.1) is 11.3 Å². The van der Waals surface area contributed by atoms with E-state index in [0.29, 0.717) is 0 Å². The molecule has 0 fully saturated rings. The molecule has 0 aliphatic carbocycles. The van der Waals surface area contributed by atoms with Gasteiger partial charge in [0.25, 0.3) is 0 Å². The molecule has 0 saturated heterocycles. The van der Waals surface area contributed by atoms with Crippen LogP contribution in [0.25, 0.3) is 11.3 Å². The number of benzene rings is 2. The van der Waals surface area contributed by atoms with Gasteiger partial charge >= 0.3 is 0 Å². The number of hydrogen-bond donors (Lipinski definition) is 0. The van der Waals surface area contributed by atoms with Gasteiger partial charge in [0, 0.05) is 23.0 Å². The van der Waals surface area contributed by atoms with Crippen molar-refractivity contribution < 1.29 is 0 Å². The van der Waals surface area contributed by atoms with Gasteiger partial charge in [0.2, 0.25) is 4.80 Å². The van der Waals surface area contributed by atoms with Gasteiger partial charge in [-0.05, 0) is 61.2 Å². The van der Waals surface area contributed by atoms with Crippen molar-refractivity contribution in [1.82, 2.24) is 4.68 Å². The first kappa shape index (κ1) is 17.6. The lowest BCUT2D eigenvalue weighted by molar-refractivity contribution is 0.847. The maximum absolute atomic E-state index is 5.95. The Kier molecular flexibility index (Phi) is 5.21. The Hall–Kier alpha value is -2.17. The van der Waals surface area contributed by atoms with Crippen molar-refractivity contribution in [3.8, 4) is 11.3 Å². The standard InChI is InChI=1S/C20H20ClN3S/c1-13-9-15(3)18(10-14(13)2)19-12-25-20(22-4)24(19)23-11-16-5-7-17(21)8-6-16/h5-12H,1-4H3. The molecule has 0 unspecified atom stereocenters. The molecule has 0 atom stereocenters. The molecule has 0 spiro atoms. The van der Waals surface area contributed by atoms with E-state index < -0.39 is 0 Å². The van der Waals surface area contributed by atoms with Gasteiger partial charge in [0.05, 0.1) is 11.9 Å².